The van der Waals surface area contributed by atoms with Gasteiger partial charge in [-0.2, -0.15) is 0 Å². The zero-order valence-corrected chi connectivity index (χ0v) is 12.0. The van der Waals surface area contributed by atoms with Crippen LogP contribution in [0.2, 0.25) is 0 Å². The molecule has 0 amide bonds. The van der Waals surface area contributed by atoms with Crippen LogP contribution < -0.4 is 5.73 Å². The molecule has 5 nitrogen and oxygen atoms in total. The fourth-order valence-electron chi connectivity index (χ4n) is 1.36. The summed E-state index contributed by atoms with van der Waals surface area (Å²) < 4.78 is 25.3. The molecule has 100 valence electrons. The lowest BCUT2D eigenvalue weighted by Crippen LogP contribution is -2.41. The van der Waals surface area contributed by atoms with Gasteiger partial charge in [0, 0.05) is 31.9 Å². The first-order valence-corrected chi connectivity index (χ1v) is 7.41. The Labute approximate surface area is 113 Å². The van der Waals surface area contributed by atoms with Crippen molar-refractivity contribution in [1.29, 1.82) is 0 Å². The van der Waals surface area contributed by atoms with Crippen LogP contribution >= 0.6 is 12.2 Å². The van der Waals surface area contributed by atoms with E-state index in [1.54, 1.807) is 6.20 Å². The molecule has 7 heteroatoms. The van der Waals surface area contributed by atoms with Crippen molar-refractivity contribution in [2.45, 2.75) is 18.6 Å². The fraction of sp³-hybridized carbons (Fsp3) is 0.455. The Morgan fingerprint density at radius 1 is 1.56 bits per heavy atom. The molecular formula is C11H17N3O2S2. The van der Waals surface area contributed by atoms with Gasteiger partial charge in [0.15, 0.2) is 0 Å². The second-order valence-corrected chi connectivity index (χ2v) is 6.81. The van der Waals surface area contributed by atoms with Crippen molar-refractivity contribution in [3.05, 3.63) is 30.1 Å². The van der Waals surface area contributed by atoms with Gasteiger partial charge < -0.3 is 5.73 Å². The Bertz CT molecular complexity index is 502. The lowest BCUT2D eigenvalue weighted by Gasteiger charge is -2.21. The second kappa shape index (κ2) is 6.21. The van der Waals surface area contributed by atoms with E-state index in [1.165, 1.54) is 18.3 Å². The minimum absolute atomic E-state index is 0.0142. The summed E-state index contributed by atoms with van der Waals surface area (Å²) >= 11 is 4.72. The quantitative estimate of drug-likeness (QED) is 0.774. The van der Waals surface area contributed by atoms with E-state index in [9.17, 15) is 8.42 Å². The molecule has 0 saturated carbocycles. The van der Waals surface area contributed by atoms with Gasteiger partial charge in [0.1, 0.15) is 5.25 Å². The van der Waals surface area contributed by atoms with E-state index < -0.39 is 15.3 Å². The van der Waals surface area contributed by atoms with E-state index in [0.29, 0.717) is 13.0 Å². The molecule has 1 atom stereocenters. The van der Waals surface area contributed by atoms with E-state index in [2.05, 4.69) is 4.98 Å². The summed E-state index contributed by atoms with van der Waals surface area (Å²) in [5, 5.41) is -0.846. The van der Waals surface area contributed by atoms with Crippen LogP contribution in [0.25, 0.3) is 0 Å². The fourth-order valence-corrected chi connectivity index (χ4v) is 2.91. The number of nitrogens with zero attached hydrogens (tertiary/aromatic N) is 2. The summed E-state index contributed by atoms with van der Waals surface area (Å²) in [4.78, 5) is 4.13. The van der Waals surface area contributed by atoms with Crippen LogP contribution in [0.3, 0.4) is 0 Å². The zero-order valence-electron chi connectivity index (χ0n) is 10.4. The molecule has 1 rings (SSSR count). The highest BCUT2D eigenvalue weighted by Gasteiger charge is 2.27. The molecule has 1 aromatic rings. The van der Waals surface area contributed by atoms with Gasteiger partial charge in [-0.25, -0.2) is 12.7 Å². The van der Waals surface area contributed by atoms with Gasteiger partial charge in [0.2, 0.25) is 10.0 Å². The van der Waals surface area contributed by atoms with Gasteiger partial charge in [-0.05, 0) is 19.1 Å². The first kappa shape index (κ1) is 15.0. The number of thiocarbonyl (C=S) groups is 1. The summed E-state index contributed by atoms with van der Waals surface area (Å²) in [7, 11) is -1.95. The second-order valence-electron chi connectivity index (χ2n) is 3.98. The minimum Gasteiger partial charge on any atom is -0.392 e. The summed E-state index contributed by atoms with van der Waals surface area (Å²) in [6, 6.07) is 5.55. The average Bonchev–Trinajstić information content (AvgIpc) is 2.35. The summed E-state index contributed by atoms with van der Waals surface area (Å²) in [6.07, 6.45) is 2.24. The highest BCUT2D eigenvalue weighted by Crippen LogP contribution is 2.08. The third kappa shape index (κ3) is 3.72. The number of aromatic nitrogens is 1. The Morgan fingerprint density at radius 3 is 2.72 bits per heavy atom. The molecular weight excluding hydrogens is 270 g/mol. The van der Waals surface area contributed by atoms with Crippen molar-refractivity contribution in [3.63, 3.8) is 0 Å². The summed E-state index contributed by atoms with van der Waals surface area (Å²) in [6.45, 7) is 1.85. The van der Waals surface area contributed by atoms with E-state index in [1.807, 2.05) is 18.2 Å². The number of likely N-dealkylation sites (N-methyl/N-ethyl adjacent to an activating group) is 1. The minimum atomic E-state index is -3.47. The first-order chi connectivity index (χ1) is 8.35. The van der Waals surface area contributed by atoms with Gasteiger partial charge in [-0.1, -0.05) is 18.3 Å². The first-order valence-electron chi connectivity index (χ1n) is 5.50. The van der Waals surface area contributed by atoms with Crippen LogP contribution in [0.15, 0.2) is 24.4 Å². The van der Waals surface area contributed by atoms with Crippen LogP contribution in [-0.4, -0.2) is 41.5 Å². The van der Waals surface area contributed by atoms with Crippen LogP contribution in [0.4, 0.5) is 0 Å². The Morgan fingerprint density at radius 2 is 2.22 bits per heavy atom. The molecule has 1 aromatic heterocycles. The van der Waals surface area contributed by atoms with Crippen LogP contribution in [-0.2, 0) is 16.4 Å². The molecule has 0 bridgehead atoms. The molecule has 18 heavy (non-hydrogen) atoms. The van der Waals surface area contributed by atoms with Crippen molar-refractivity contribution in [1.82, 2.24) is 9.29 Å². The van der Waals surface area contributed by atoms with Crippen LogP contribution in [0.5, 0.6) is 0 Å². The standard InChI is InChI=1S/C11H17N3O2S2/c1-9(11(12)17)18(15,16)14(2)8-6-10-5-3-4-7-13-10/h3-5,7,9H,6,8H2,1-2H3,(H2,12,17). The Balaban J connectivity index is 2.66. The zero-order chi connectivity index (χ0) is 13.8. The highest BCUT2D eigenvalue weighted by atomic mass is 32.2. The van der Waals surface area contributed by atoms with Crippen molar-refractivity contribution in [2.24, 2.45) is 5.73 Å². The molecule has 0 spiro atoms. The number of hydrogen-bond donors (Lipinski definition) is 1. The summed E-state index contributed by atoms with van der Waals surface area (Å²) in [5.41, 5.74) is 6.23. The van der Waals surface area contributed by atoms with Crippen LogP contribution in [0.1, 0.15) is 12.6 Å². The Hall–Kier alpha value is -1.05. The molecule has 0 aliphatic carbocycles. The van der Waals surface area contributed by atoms with Gasteiger partial charge in [-0.3, -0.25) is 4.98 Å². The number of rotatable bonds is 6. The molecule has 0 aromatic carbocycles. The third-order valence-corrected chi connectivity index (χ3v) is 5.39. The molecule has 0 aliphatic heterocycles. The van der Waals surface area contributed by atoms with E-state index in [-0.39, 0.29) is 4.99 Å². The maximum Gasteiger partial charge on any atom is 0.222 e. The maximum absolute atomic E-state index is 12.0. The lowest BCUT2D eigenvalue weighted by atomic mass is 10.3. The molecule has 0 aliphatic rings. The van der Waals surface area contributed by atoms with Crippen molar-refractivity contribution in [2.75, 3.05) is 13.6 Å². The average molecular weight is 287 g/mol. The van der Waals surface area contributed by atoms with Gasteiger partial charge >= 0.3 is 0 Å². The van der Waals surface area contributed by atoms with Crippen molar-refractivity contribution < 1.29 is 8.42 Å². The van der Waals surface area contributed by atoms with Crippen LogP contribution in [0, 0.1) is 0 Å². The largest absolute Gasteiger partial charge is 0.392 e. The van der Waals surface area contributed by atoms with Gasteiger partial charge in [-0.15, -0.1) is 0 Å². The van der Waals surface area contributed by atoms with Gasteiger partial charge in [0.25, 0.3) is 0 Å². The predicted octanol–water partition coefficient (Wildman–Crippen LogP) is 0.560. The molecule has 0 fully saturated rings. The van der Waals surface area contributed by atoms with E-state index in [4.69, 9.17) is 18.0 Å². The molecule has 0 radical (unpaired) electrons. The number of nitrogens with two attached hydrogens (primary N) is 1. The van der Waals surface area contributed by atoms with Crippen molar-refractivity contribution >= 4 is 27.2 Å². The lowest BCUT2D eigenvalue weighted by molar-refractivity contribution is 0.468. The monoisotopic (exact) mass is 287 g/mol. The number of pyridine rings is 1. The predicted molar refractivity (Wildman–Crippen MR) is 75.7 cm³/mol. The molecule has 2 N–H and O–H groups in total. The topological polar surface area (TPSA) is 76.3 Å². The van der Waals surface area contributed by atoms with E-state index in [0.717, 1.165) is 5.69 Å². The molecule has 0 saturated heterocycles. The normalized spacial score (nSPS) is 13.5. The molecule has 1 heterocycles. The molecule has 1 unspecified atom stereocenters. The van der Waals surface area contributed by atoms with Crippen molar-refractivity contribution in [3.8, 4) is 0 Å². The summed E-state index contributed by atoms with van der Waals surface area (Å²) in [5.74, 6) is 0. The smallest absolute Gasteiger partial charge is 0.222 e. The number of sulfonamides is 1. The SMILES string of the molecule is CC(C(N)=S)S(=O)(=O)N(C)CCc1ccccn1. The van der Waals surface area contributed by atoms with E-state index >= 15 is 0 Å². The number of hydrogen-bond acceptors (Lipinski definition) is 4. The highest BCUT2D eigenvalue weighted by molar-refractivity contribution is 7.92. The third-order valence-electron chi connectivity index (χ3n) is 2.69. The van der Waals surface area contributed by atoms with Gasteiger partial charge in [0.05, 0.1) is 4.99 Å². The Kier molecular flexibility index (Phi) is 5.18. The maximum atomic E-state index is 12.0.